The maximum Gasteiger partial charge on any atom is 0.228 e. The summed E-state index contributed by atoms with van der Waals surface area (Å²) < 4.78 is 7.28. The first-order valence-electron chi connectivity index (χ1n) is 7.20. The van der Waals surface area contributed by atoms with Crippen LogP contribution in [0.4, 0.5) is 0 Å². The molecule has 0 aliphatic carbocycles. The third-order valence-corrected chi connectivity index (χ3v) is 4.15. The highest BCUT2D eigenvalue weighted by Crippen LogP contribution is 2.23. The van der Waals surface area contributed by atoms with Crippen LogP contribution in [0.3, 0.4) is 0 Å². The Kier molecular flexibility index (Phi) is 3.82. The van der Waals surface area contributed by atoms with Crippen molar-refractivity contribution in [2.45, 2.75) is 38.3 Å². The van der Waals surface area contributed by atoms with Crippen molar-refractivity contribution in [2.24, 2.45) is 5.92 Å². The summed E-state index contributed by atoms with van der Waals surface area (Å²) in [7, 11) is 0. The van der Waals surface area contributed by atoms with Crippen LogP contribution in [0, 0.1) is 5.92 Å². The number of ether oxygens (including phenoxy) is 1. The van der Waals surface area contributed by atoms with Crippen molar-refractivity contribution in [1.82, 2.24) is 14.7 Å². The van der Waals surface area contributed by atoms with Crippen molar-refractivity contribution in [3.05, 3.63) is 18.5 Å². The predicted molar refractivity (Wildman–Crippen MR) is 70.5 cm³/mol. The smallest absolute Gasteiger partial charge is 0.228 e. The maximum absolute atomic E-state index is 12.6. The number of hydrogen-bond acceptors (Lipinski definition) is 3. The Morgan fingerprint density at radius 2 is 2.32 bits per heavy atom. The fraction of sp³-hybridized carbons (Fsp3) is 0.714. The van der Waals surface area contributed by atoms with Gasteiger partial charge in [0.1, 0.15) is 0 Å². The standard InChI is InChI=1S/C14H21N3O2/c18-14(12-5-9-19-11-12)17-8-2-1-4-13(17)10-16-7-3-6-15-16/h3,6-7,12-13H,1-2,4-5,8-11H2/t12-,13+/m1/s1. The van der Waals surface area contributed by atoms with Gasteiger partial charge in [0.25, 0.3) is 0 Å². The zero-order valence-corrected chi connectivity index (χ0v) is 11.2. The summed E-state index contributed by atoms with van der Waals surface area (Å²) in [6, 6.07) is 2.22. The molecule has 5 heteroatoms. The van der Waals surface area contributed by atoms with Crippen LogP contribution in [0.5, 0.6) is 0 Å². The van der Waals surface area contributed by atoms with Crippen molar-refractivity contribution in [3.8, 4) is 0 Å². The molecule has 5 nitrogen and oxygen atoms in total. The fourth-order valence-electron chi connectivity index (χ4n) is 3.07. The van der Waals surface area contributed by atoms with Gasteiger partial charge in [0.2, 0.25) is 5.91 Å². The first kappa shape index (κ1) is 12.7. The summed E-state index contributed by atoms with van der Waals surface area (Å²) in [5, 5.41) is 4.26. The van der Waals surface area contributed by atoms with Crippen LogP contribution >= 0.6 is 0 Å². The van der Waals surface area contributed by atoms with Gasteiger partial charge in [0, 0.05) is 25.5 Å². The van der Waals surface area contributed by atoms with Gasteiger partial charge >= 0.3 is 0 Å². The predicted octanol–water partition coefficient (Wildman–Crippen LogP) is 1.30. The second-order valence-electron chi connectivity index (χ2n) is 5.47. The molecule has 1 amide bonds. The Balaban J connectivity index is 1.67. The van der Waals surface area contributed by atoms with E-state index in [2.05, 4.69) is 10.00 Å². The molecule has 19 heavy (non-hydrogen) atoms. The Morgan fingerprint density at radius 1 is 1.37 bits per heavy atom. The first-order valence-corrected chi connectivity index (χ1v) is 7.20. The van der Waals surface area contributed by atoms with E-state index < -0.39 is 0 Å². The lowest BCUT2D eigenvalue weighted by atomic mass is 9.98. The third kappa shape index (κ3) is 2.81. The summed E-state index contributed by atoms with van der Waals surface area (Å²) in [4.78, 5) is 14.6. The largest absolute Gasteiger partial charge is 0.381 e. The molecule has 2 fully saturated rings. The molecule has 0 aromatic carbocycles. The molecule has 3 rings (SSSR count). The molecule has 104 valence electrons. The van der Waals surface area contributed by atoms with Gasteiger partial charge < -0.3 is 9.64 Å². The summed E-state index contributed by atoms with van der Waals surface area (Å²) >= 11 is 0. The molecular formula is C14H21N3O2. The number of piperidine rings is 1. The Bertz CT molecular complexity index is 412. The molecule has 0 saturated carbocycles. The average Bonchev–Trinajstić information content (AvgIpc) is 3.11. The van der Waals surface area contributed by atoms with Gasteiger partial charge in [-0.15, -0.1) is 0 Å². The molecule has 1 aromatic rings. The molecule has 1 aromatic heterocycles. The van der Waals surface area contributed by atoms with E-state index in [0.29, 0.717) is 12.6 Å². The SMILES string of the molecule is O=C([C@@H]1CCOC1)N1CCCC[C@H]1Cn1cccn1. The van der Waals surface area contributed by atoms with Crippen molar-refractivity contribution < 1.29 is 9.53 Å². The number of carbonyl (C=O) groups excluding carboxylic acids is 1. The number of likely N-dealkylation sites (tertiary alicyclic amines) is 1. The highest BCUT2D eigenvalue weighted by atomic mass is 16.5. The lowest BCUT2D eigenvalue weighted by Crippen LogP contribution is -2.48. The highest BCUT2D eigenvalue weighted by Gasteiger charge is 2.33. The quantitative estimate of drug-likeness (QED) is 0.826. The molecule has 0 unspecified atom stereocenters. The lowest BCUT2D eigenvalue weighted by Gasteiger charge is -2.37. The second-order valence-corrected chi connectivity index (χ2v) is 5.47. The first-order chi connectivity index (χ1) is 9.34. The minimum atomic E-state index is 0.0817. The molecule has 2 aliphatic heterocycles. The van der Waals surface area contributed by atoms with Crippen LogP contribution in [-0.2, 0) is 16.1 Å². The minimum Gasteiger partial charge on any atom is -0.381 e. The maximum atomic E-state index is 12.6. The van der Waals surface area contributed by atoms with Crippen LogP contribution < -0.4 is 0 Å². The Hall–Kier alpha value is -1.36. The van der Waals surface area contributed by atoms with E-state index in [1.54, 1.807) is 6.20 Å². The van der Waals surface area contributed by atoms with Crippen LogP contribution in [0.25, 0.3) is 0 Å². The van der Waals surface area contributed by atoms with E-state index in [1.165, 1.54) is 6.42 Å². The summed E-state index contributed by atoms with van der Waals surface area (Å²) in [6.45, 7) is 3.03. The van der Waals surface area contributed by atoms with Gasteiger partial charge in [0.05, 0.1) is 25.1 Å². The number of aromatic nitrogens is 2. The number of amides is 1. The Morgan fingerprint density at radius 3 is 3.05 bits per heavy atom. The van der Waals surface area contributed by atoms with E-state index in [0.717, 1.165) is 39.0 Å². The number of carbonyl (C=O) groups is 1. The van der Waals surface area contributed by atoms with E-state index >= 15 is 0 Å². The topological polar surface area (TPSA) is 47.4 Å². The van der Waals surface area contributed by atoms with Gasteiger partial charge in [-0.25, -0.2) is 0 Å². The van der Waals surface area contributed by atoms with Crippen LogP contribution in [0.1, 0.15) is 25.7 Å². The number of rotatable bonds is 3. The fourth-order valence-corrected chi connectivity index (χ4v) is 3.07. The molecule has 0 spiro atoms. The molecule has 0 N–H and O–H groups in total. The summed E-state index contributed by atoms with van der Waals surface area (Å²) in [5.41, 5.74) is 0. The molecule has 0 bridgehead atoms. The van der Waals surface area contributed by atoms with E-state index in [1.807, 2.05) is 16.9 Å². The molecule has 2 saturated heterocycles. The highest BCUT2D eigenvalue weighted by molar-refractivity contribution is 5.79. The normalized spacial score (nSPS) is 27.7. The zero-order valence-electron chi connectivity index (χ0n) is 11.2. The van der Waals surface area contributed by atoms with Crippen molar-refractivity contribution >= 4 is 5.91 Å². The summed E-state index contributed by atoms with van der Waals surface area (Å²) in [5.74, 6) is 0.368. The molecule has 2 aliphatic rings. The van der Waals surface area contributed by atoms with Crippen LogP contribution in [-0.4, -0.2) is 46.4 Å². The second kappa shape index (κ2) is 5.74. The molecule has 0 radical (unpaired) electrons. The van der Waals surface area contributed by atoms with Crippen molar-refractivity contribution in [2.75, 3.05) is 19.8 Å². The van der Waals surface area contributed by atoms with Gasteiger partial charge in [0.15, 0.2) is 0 Å². The van der Waals surface area contributed by atoms with Crippen LogP contribution in [0.2, 0.25) is 0 Å². The van der Waals surface area contributed by atoms with E-state index in [9.17, 15) is 4.79 Å². The van der Waals surface area contributed by atoms with Crippen molar-refractivity contribution in [1.29, 1.82) is 0 Å². The molecule has 3 heterocycles. The van der Waals surface area contributed by atoms with Crippen LogP contribution in [0.15, 0.2) is 18.5 Å². The average molecular weight is 263 g/mol. The monoisotopic (exact) mass is 263 g/mol. The number of nitrogens with zero attached hydrogens (tertiary/aromatic N) is 3. The van der Waals surface area contributed by atoms with Gasteiger partial charge in [-0.05, 0) is 31.7 Å². The minimum absolute atomic E-state index is 0.0817. The summed E-state index contributed by atoms with van der Waals surface area (Å²) in [6.07, 6.45) is 8.05. The van der Waals surface area contributed by atoms with E-state index in [-0.39, 0.29) is 11.8 Å². The van der Waals surface area contributed by atoms with Gasteiger partial charge in [-0.1, -0.05) is 0 Å². The lowest BCUT2D eigenvalue weighted by molar-refractivity contribution is -0.139. The van der Waals surface area contributed by atoms with E-state index in [4.69, 9.17) is 4.74 Å². The zero-order chi connectivity index (χ0) is 13.1. The van der Waals surface area contributed by atoms with Crippen molar-refractivity contribution in [3.63, 3.8) is 0 Å². The van der Waals surface area contributed by atoms with Gasteiger partial charge in [-0.2, -0.15) is 5.10 Å². The molecular weight excluding hydrogens is 242 g/mol. The Labute approximate surface area is 113 Å². The third-order valence-electron chi connectivity index (χ3n) is 4.15. The number of hydrogen-bond donors (Lipinski definition) is 0. The van der Waals surface area contributed by atoms with Gasteiger partial charge in [-0.3, -0.25) is 9.48 Å². The molecule has 2 atom stereocenters.